The standard InChI is InChI=1S/C15H30O2/c1-15(2,3)9-10-17-12-14(16)11-13-7-5-4-6-8-13/h13-14,16H,4-12H2,1-3H3/t14-/m0/s1. The second kappa shape index (κ2) is 7.38. The zero-order chi connectivity index (χ0) is 12.7. The quantitative estimate of drug-likeness (QED) is 0.718. The topological polar surface area (TPSA) is 29.5 Å². The van der Waals surface area contributed by atoms with Crippen molar-refractivity contribution in [2.75, 3.05) is 13.2 Å². The third kappa shape index (κ3) is 7.77. The molecule has 0 unspecified atom stereocenters. The fraction of sp³-hybridized carbons (Fsp3) is 1.00. The van der Waals surface area contributed by atoms with Crippen LogP contribution in [0.1, 0.15) is 65.7 Å². The summed E-state index contributed by atoms with van der Waals surface area (Å²) in [6.07, 6.45) is 8.44. The van der Waals surface area contributed by atoms with E-state index in [0.29, 0.717) is 12.0 Å². The largest absolute Gasteiger partial charge is 0.391 e. The number of ether oxygens (including phenoxy) is 1. The van der Waals surface area contributed by atoms with Crippen molar-refractivity contribution in [1.29, 1.82) is 0 Å². The van der Waals surface area contributed by atoms with Gasteiger partial charge in [-0.1, -0.05) is 52.9 Å². The first kappa shape index (κ1) is 15.0. The second-order valence-corrected chi connectivity index (χ2v) is 6.78. The van der Waals surface area contributed by atoms with Crippen LogP contribution in [0.5, 0.6) is 0 Å². The van der Waals surface area contributed by atoms with E-state index in [-0.39, 0.29) is 6.10 Å². The SMILES string of the molecule is CC(C)(C)CCOC[C@@H](O)CC1CCCCC1. The Balaban J connectivity index is 2.02. The molecule has 2 heteroatoms. The van der Waals surface area contributed by atoms with Crippen LogP contribution in [0.15, 0.2) is 0 Å². The molecule has 102 valence electrons. The highest BCUT2D eigenvalue weighted by atomic mass is 16.5. The minimum absolute atomic E-state index is 0.252. The maximum absolute atomic E-state index is 9.91. The van der Waals surface area contributed by atoms with Crippen molar-refractivity contribution in [3.05, 3.63) is 0 Å². The van der Waals surface area contributed by atoms with Gasteiger partial charge in [-0.2, -0.15) is 0 Å². The molecule has 0 radical (unpaired) electrons. The van der Waals surface area contributed by atoms with Gasteiger partial charge in [-0.15, -0.1) is 0 Å². The summed E-state index contributed by atoms with van der Waals surface area (Å²) in [5, 5.41) is 9.91. The molecule has 1 aliphatic carbocycles. The van der Waals surface area contributed by atoms with Crippen molar-refractivity contribution in [3.8, 4) is 0 Å². The van der Waals surface area contributed by atoms with E-state index in [2.05, 4.69) is 20.8 Å². The molecule has 1 aliphatic rings. The molecule has 2 nitrogen and oxygen atoms in total. The molecule has 0 saturated heterocycles. The summed E-state index contributed by atoms with van der Waals surface area (Å²) >= 11 is 0. The van der Waals surface area contributed by atoms with Gasteiger partial charge in [-0.3, -0.25) is 0 Å². The van der Waals surface area contributed by atoms with Gasteiger partial charge in [0.15, 0.2) is 0 Å². The predicted molar refractivity (Wildman–Crippen MR) is 72.1 cm³/mol. The predicted octanol–water partition coefficient (Wildman–Crippen LogP) is 3.77. The molecule has 0 aromatic heterocycles. The van der Waals surface area contributed by atoms with Crippen LogP contribution in [0.4, 0.5) is 0 Å². The van der Waals surface area contributed by atoms with Gasteiger partial charge >= 0.3 is 0 Å². The first-order valence-corrected chi connectivity index (χ1v) is 7.23. The summed E-state index contributed by atoms with van der Waals surface area (Å²) in [4.78, 5) is 0. The molecule has 17 heavy (non-hydrogen) atoms. The molecule has 0 heterocycles. The van der Waals surface area contributed by atoms with E-state index < -0.39 is 0 Å². The Labute approximate surface area is 107 Å². The van der Waals surface area contributed by atoms with E-state index in [1.54, 1.807) is 0 Å². The van der Waals surface area contributed by atoms with Gasteiger partial charge in [0.05, 0.1) is 12.7 Å². The number of rotatable bonds is 6. The summed E-state index contributed by atoms with van der Waals surface area (Å²) in [5.41, 5.74) is 0.328. The summed E-state index contributed by atoms with van der Waals surface area (Å²) in [6.45, 7) is 7.94. The lowest BCUT2D eigenvalue weighted by Gasteiger charge is -2.24. The molecule has 1 rings (SSSR count). The van der Waals surface area contributed by atoms with Crippen LogP contribution in [0.25, 0.3) is 0 Å². The highest BCUT2D eigenvalue weighted by Gasteiger charge is 2.17. The number of hydrogen-bond donors (Lipinski definition) is 1. The molecule has 1 saturated carbocycles. The maximum atomic E-state index is 9.91. The maximum Gasteiger partial charge on any atom is 0.0776 e. The first-order chi connectivity index (χ1) is 7.97. The zero-order valence-corrected chi connectivity index (χ0v) is 11.9. The van der Waals surface area contributed by atoms with E-state index in [0.717, 1.165) is 25.4 Å². The van der Waals surface area contributed by atoms with E-state index in [4.69, 9.17) is 4.74 Å². The van der Waals surface area contributed by atoms with Crippen molar-refractivity contribution < 1.29 is 9.84 Å². The normalized spacial score (nSPS) is 20.5. The van der Waals surface area contributed by atoms with Gasteiger partial charge < -0.3 is 9.84 Å². The third-order valence-corrected chi connectivity index (χ3v) is 3.64. The Morgan fingerprint density at radius 2 is 1.82 bits per heavy atom. The second-order valence-electron chi connectivity index (χ2n) is 6.78. The van der Waals surface area contributed by atoms with E-state index in [9.17, 15) is 5.11 Å². The highest BCUT2D eigenvalue weighted by Crippen LogP contribution is 2.27. The van der Waals surface area contributed by atoms with Crippen LogP contribution < -0.4 is 0 Å². The molecule has 0 amide bonds. The molecule has 0 aromatic carbocycles. The molecular formula is C15H30O2. The zero-order valence-electron chi connectivity index (χ0n) is 11.9. The Kier molecular flexibility index (Phi) is 6.50. The third-order valence-electron chi connectivity index (χ3n) is 3.64. The molecule has 1 fully saturated rings. The minimum Gasteiger partial charge on any atom is -0.391 e. The van der Waals surface area contributed by atoms with Gasteiger partial charge in [0, 0.05) is 6.61 Å². The van der Waals surface area contributed by atoms with Gasteiger partial charge in [0.25, 0.3) is 0 Å². The lowest BCUT2D eigenvalue weighted by molar-refractivity contribution is 0.0131. The highest BCUT2D eigenvalue weighted by molar-refractivity contribution is 4.69. The van der Waals surface area contributed by atoms with E-state index >= 15 is 0 Å². The Morgan fingerprint density at radius 1 is 1.18 bits per heavy atom. The first-order valence-electron chi connectivity index (χ1n) is 7.23. The molecule has 1 N–H and O–H groups in total. The molecular weight excluding hydrogens is 212 g/mol. The lowest BCUT2D eigenvalue weighted by atomic mass is 9.85. The van der Waals surface area contributed by atoms with E-state index in [1.807, 2.05) is 0 Å². The summed E-state index contributed by atoms with van der Waals surface area (Å²) in [7, 11) is 0. The van der Waals surface area contributed by atoms with Crippen LogP contribution in [0, 0.1) is 11.3 Å². The number of aliphatic hydroxyl groups is 1. The van der Waals surface area contributed by atoms with Crippen molar-refractivity contribution >= 4 is 0 Å². The smallest absolute Gasteiger partial charge is 0.0776 e. The van der Waals surface area contributed by atoms with Crippen LogP contribution in [-0.4, -0.2) is 24.4 Å². The van der Waals surface area contributed by atoms with Gasteiger partial charge in [-0.05, 0) is 24.2 Å². The van der Waals surface area contributed by atoms with Crippen molar-refractivity contribution in [3.63, 3.8) is 0 Å². The fourth-order valence-electron chi connectivity index (χ4n) is 2.47. The number of hydrogen-bond acceptors (Lipinski definition) is 2. The summed E-state index contributed by atoms with van der Waals surface area (Å²) < 4.78 is 5.56. The van der Waals surface area contributed by atoms with Crippen molar-refractivity contribution in [1.82, 2.24) is 0 Å². The molecule has 0 aliphatic heterocycles. The van der Waals surface area contributed by atoms with E-state index in [1.165, 1.54) is 32.1 Å². The average molecular weight is 242 g/mol. The van der Waals surface area contributed by atoms with Crippen molar-refractivity contribution in [2.45, 2.75) is 71.8 Å². The number of aliphatic hydroxyl groups excluding tert-OH is 1. The Morgan fingerprint density at radius 3 is 2.41 bits per heavy atom. The van der Waals surface area contributed by atoms with Crippen LogP contribution in [0.2, 0.25) is 0 Å². The minimum atomic E-state index is -0.252. The van der Waals surface area contributed by atoms with Gasteiger partial charge in [0.2, 0.25) is 0 Å². The molecule has 1 atom stereocenters. The van der Waals surface area contributed by atoms with Gasteiger partial charge in [-0.25, -0.2) is 0 Å². The Bertz CT molecular complexity index is 190. The average Bonchev–Trinajstić information content (AvgIpc) is 2.25. The van der Waals surface area contributed by atoms with Crippen LogP contribution in [0.3, 0.4) is 0 Å². The van der Waals surface area contributed by atoms with Crippen LogP contribution in [-0.2, 0) is 4.74 Å². The lowest BCUT2D eigenvalue weighted by Crippen LogP contribution is -2.22. The summed E-state index contributed by atoms with van der Waals surface area (Å²) in [6, 6.07) is 0. The fourth-order valence-corrected chi connectivity index (χ4v) is 2.47. The van der Waals surface area contributed by atoms with Crippen molar-refractivity contribution in [2.24, 2.45) is 11.3 Å². The van der Waals surface area contributed by atoms with Gasteiger partial charge in [0.1, 0.15) is 0 Å². The van der Waals surface area contributed by atoms with Crippen LogP contribution >= 0.6 is 0 Å². The monoisotopic (exact) mass is 242 g/mol. The molecule has 0 bridgehead atoms. The Hall–Kier alpha value is -0.0800. The summed E-state index contributed by atoms with van der Waals surface area (Å²) in [5.74, 6) is 0.741. The molecule has 0 aromatic rings. The molecule has 0 spiro atoms.